The van der Waals surface area contributed by atoms with Crippen molar-refractivity contribution in [1.29, 1.82) is 0 Å². The van der Waals surface area contributed by atoms with Gasteiger partial charge in [0.15, 0.2) is 5.60 Å². The third kappa shape index (κ3) is 3.97. The molecule has 5 nitrogen and oxygen atoms in total. The Morgan fingerprint density at radius 1 is 1.53 bits per heavy atom. The van der Waals surface area contributed by atoms with E-state index in [1.165, 1.54) is 0 Å². The lowest BCUT2D eigenvalue weighted by Gasteiger charge is -2.19. The molecule has 0 aliphatic carbocycles. The minimum absolute atomic E-state index is 0.142. The first-order chi connectivity index (χ1) is 8.54. The molecule has 1 rings (SSSR count). The third-order valence-corrected chi connectivity index (χ3v) is 2.52. The van der Waals surface area contributed by atoms with E-state index in [1.807, 2.05) is 0 Å². The monoisotopic (exact) mass is 298 g/mol. The van der Waals surface area contributed by atoms with E-state index >= 15 is 0 Å². The molecule has 0 bridgehead atoms. The molecule has 9 heteroatoms. The molecule has 0 aliphatic heterocycles. The number of hydrogen-bond acceptors (Lipinski definition) is 4. The summed E-state index contributed by atoms with van der Waals surface area (Å²) in [6.07, 6.45) is -4.01. The van der Waals surface area contributed by atoms with Crippen LogP contribution in [-0.2, 0) is 11.0 Å². The highest BCUT2D eigenvalue weighted by Gasteiger charge is 2.32. The zero-order chi connectivity index (χ0) is 14.8. The van der Waals surface area contributed by atoms with Crippen LogP contribution in [0.4, 0.5) is 19.0 Å². The molecule has 1 unspecified atom stereocenters. The van der Waals surface area contributed by atoms with E-state index in [9.17, 15) is 23.1 Å². The number of rotatable bonds is 4. The number of alkyl halides is 3. The number of carboxylic acids is 1. The smallest absolute Gasteiger partial charge is 0.417 e. The van der Waals surface area contributed by atoms with Gasteiger partial charge >= 0.3 is 12.1 Å². The van der Waals surface area contributed by atoms with Crippen LogP contribution in [0.2, 0.25) is 5.02 Å². The number of aromatic nitrogens is 1. The molecular formula is C10H10ClF3N2O3. The van der Waals surface area contributed by atoms with E-state index in [2.05, 4.69) is 10.3 Å². The molecule has 1 heterocycles. The van der Waals surface area contributed by atoms with Crippen LogP contribution in [0.1, 0.15) is 12.5 Å². The summed E-state index contributed by atoms with van der Waals surface area (Å²) in [6.45, 7) is 0.570. The maximum absolute atomic E-state index is 12.3. The lowest BCUT2D eigenvalue weighted by atomic mass is 10.1. The Labute approximate surface area is 111 Å². The van der Waals surface area contributed by atoms with Crippen LogP contribution in [0.25, 0.3) is 0 Å². The minimum atomic E-state index is -4.57. The molecule has 0 radical (unpaired) electrons. The lowest BCUT2D eigenvalue weighted by molar-refractivity contribution is -0.155. The van der Waals surface area contributed by atoms with Gasteiger partial charge in [-0.3, -0.25) is 0 Å². The maximum Gasteiger partial charge on any atom is 0.417 e. The predicted octanol–water partition coefficient (Wildman–Crippen LogP) is 2.00. The number of anilines is 1. The van der Waals surface area contributed by atoms with Crippen LogP contribution in [0, 0.1) is 0 Å². The number of carbonyl (C=O) groups is 1. The van der Waals surface area contributed by atoms with Crippen molar-refractivity contribution in [3.05, 3.63) is 22.8 Å². The van der Waals surface area contributed by atoms with Crippen molar-refractivity contribution in [3.8, 4) is 0 Å². The number of aliphatic hydroxyl groups is 1. The van der Waals surface area contributed by atoms with E-state index in [4.69, 9.17) is 16.7 Å². The van der Waals surface area contributed by atoms with Gasteiger partial charge in [0.2, 0.25) is 0 Å². The molecule has 0 saturated heterocycles. The molecule has 1 aromatic heterocycles. The van der Waals surface area contributed by atoms with Gasteiger partial charge in [-0.2, -0.15) is 13.2 Å². The Hall–Kier alpha value is -1.54. The molecule has 0 saturated carbocycles. The second-order valence-corrected chi connectivity index (χ2v) is 4.39. The number of halogens is 4. The van der Waals surface area contributed by atoms with E-state index < -0.39 is 29.9 Å². The van der Waals surface area contributed by atoms with E-state index in [-0.39, 0.29) is 10.8 Å². The SMILES string of the molecule is CC(O)(CNc1ncc(C(F)(F)F)cc1Cl)C(=O)O. The van der Waals surface area contributed by atoms with Crippen molar-refractivity contribution in [2.24, 2.45) is 0 Å². The fourth-order valence-corrected chi connectivity index (χ4v) is 1.29. The summed E-state index contributed by atoms with van der Waals surface area (Å²) in [7, 11) is 0. The average molecular weight is 299 g/mol. The van der Waals surface area contributed by atoms with E-state index in [0.29, 0.717) is 12.3 Å². The molecule has 19 heavy (non-hydrogen) atoms. The predicted molar refractivity (Wildman–Crippen MR) is 61.0 cm³/mol. The summed E-state index contributed by atoms with van der Waals surface area (Å²) in [5.41, 5.74) is -3.11. The number of aliphatic carboxylic acids is 1. The van der Waals surface area contributed by atoms with Gasteiger partial charge < -0.3 is 15.5 Å². The Bertz CT molecular complexity index is 491. The topological polar surface area (TPSA) is 82.5 Å². The normalized spacial score (nSPS) is 14.8. The summed E-state index contributed by atoms with van der Waals surface area (Å²) < 4.78 is 37.0. The van der Waals surface area contributed by atoms with Crippen molar-refractivity contribution < 1.29 is 28.2 Å². The van der Waals surface area contributed by atoms with Crippen LogP contribution in [0.15, 0.2) is 12.3 Å². The van der Waals surface area contributed by atoms with Gasteiger partial charge in [0, 0.05) is 6.20 Å². The molecule has 0 fully saturated rings. The summed E-state index contributed by atoms with van der Waals surface area (Å²) in [4.78, 5) is 14.1. The second-order valence-electron chi connectivity index (χ2n) is 3.98. The number of pyridine rings is 1. The standard InChI is InChI=1S/C10H10ClF3N2O3/c1-9(19,8(17)18)4-16-7-6(11)2-5(3-15-7)10(12,13)14/h2-3,19H,4H2,1H3,(H,15,16)(H,17,18). The van der Waals surface area contributed by atoms with Crippen LogP contribution >= 0.6 is 11.6 Å². The van der Waals surface area contributed by atoms with Crippen molar-refractivity contribution in [3.63, 3.8) is 0 Å². The Balaban J connectivity index is 2.85. The Morgan fingerprint density at radius 2 is 2.11 bits per heavy atom. The number of nitrogens with one attached hydrogen (secondary N) is 1. The summed E-state index contributed by atoms with van der Waals surface area (Å²) >= 11 is 5.59. The minimum Gasteiger partial charge on any atom is -0.479 e. The van der Waals surface area contributed by atoms with Crippen molar-refractivity contribution >= 4 is 23.4 Å². The quantitative estimate of drug-likeness (QED) is 0.792. The summed E-state index contributed by atoms with van der Waals surface area (Å²) in [5, 5.41) is 20.1. The number of nitrogens with zero attached hydrogens (tertiary/aromatic N) is 1. The summed E-state index contributed by atoms with van der Waals surface area (Å²) in [5.74, 6) is -1.63. The van der Waals surface area contributed by atoms with Gasteiger partial charge in [-0.25, -0.2) is 9.78 Å². The zero-order valence-corrected chi connectivity index (χ0v) is 10.4. The van der Waals surface area contributed by atoms with Crippen molar-refractivity contribution in [2.75, 3.05) is 11.9 Å². The molecule has 106 valence electrons. The fraction of sp³-hybridized carbons (Fsp3) is 0.400. The fourth-order valence-electron chi connectivity index (χ4n) is 1.05. The molecule has 0 aromatic carbocycles. The van der Waals surface area contributed by atoms with Gasteiger partial charge in [0.1, 0.15) is 5.82 Å². The highest BCUT2D eigenvalue weighted by atomic mass is 35.5. The Kier molecular flexibility index (Phi) is 4.26. The highest BCUT2D eigenvalue weighted by molar-refractivity contribution is 6.33. The van der Waals surface area contributed by atoms with E-state index in [1.54, 1.807) is 0 Å². The second kappa shape index (κ2) is 5.22. The van der Waals surface area contributed by atoms with Crippen molar-refractivity contribution in [1.82, 2.24) is 4.98 Å². The van der Waals surface area contributed by atoms with Gasteiger partial charge in [-0.1, -0.05) is 11.6 Å². The molecule has 0 spiro atoms. The first-order valence-electron chi connectivity index (χ1n) is 4.96. The van der Waals surface area contributed by atoms with Crippen LogP contribution in [0.5, 0.6) is 0 Å². The largest absolute Gasteiger partial charge is 0.479 e. The van der Waals surface area contributed by atoms with Crippen LogP contribution in [0.3, 0.4) is 0 Å². The van der Waals surface area contributed by atoms with Gasteiger partial charge in [0.05, 0.1) is 17.1 Å². The van der Waals surface area contributed by atoms with Gasteiger partial charge in [0.25, 0.3) is 0 Å². The molecule has 0 amide bonds. The maximum atomic E-state index is 12.3. The molecule has 0 aliphatic rings. The summed E-state index contributed by atoms with van der Waals surface area (Å²) in [6, 6.07) is 0.659. The Morgan fingerprint density at radius 3 is 2.53 bits per heavy atom. The van der Waals surface area contributed by atoms with Crippen LogP contribution < -0.4 is 5.32 Å². The van der Waals surface area contributed by atoms with Gasteiger partial charge in [-0.15, -0.1) is 0 Å². The molecular weight excluding hydrogens is 289 g/mol. The molecule has 3 N–H and O–H groups in total. The van der Waals surface area contributed by atoms with Crippen LogP contribution in [-0.4, -0.2) is 33.3 Å². The molecule has 1 aromatic rings. The first-order valence-corrected chi connectivity index (χ1v) is 5.34. The molecule has 1 atom stereocenters. The highest BCUT2D eigenvalue weighted by Crippen LogP contribution is 2.32. The lowest BCUT2D eigenvalue weighted by Crippen LogP contribution is -2.42. The van der Waals surface area contributed by atoms with Crippen molar-refractivity contribution in [2.45, 2.75) is 18.7 Å². The number of carboxylic acid groups (broad SMARTS) is 1. The third-order valence-electron chi connectivity index (χ3n) is 2.23. The number of hydrogen-bond donors (Lipinski definition) is 3. The van der Waals surface area contributed by atoms with Gasteiger partial charge in [-0.05, 0) is 13.0 Å². The van der Waals surface area contributed by atoms with E-state index in [0.717, 1.165) is 6.92 Å². The first kappa shape index (κ1) is 15.5. The zero-order valence-electron chi connectivity index (χ0n) is 9.62. The average Bonchev–Trinajstić information content (AvgIpc) is 2.25.